The van der Waals surface area contributed by atoms with Crippen molar-refractivity contribution in [2.45, 2.75) is 26.4 Å². The van der Waals surface area contributed by atoms with Gasteiger partial charge in [0, 0.05) is 11.6 Å². The lowest BCUT2D eigenvalue weighted by molar-refractivity contribution is 0.386. The maximum absolute atomic E-state index is 13.3. The lowest BCUT2D eigenvalue weighted by Crippen LogP contribution is -2.21. The van der Waals surface area contributed by atoms with Crippen LogP contribution in [0.25, 0.3) is 11.5 Å². The quantitative estimate of drug-likeness (QED) is 0.899. The fraction of sp³-hybridized carbons (Fsp3) is 0.385. The Morgan fingerprint density at radius 3 is 2.84 bits per heavy atom. The summed E-state index contributed by atoms with van der Waals surface area (Å²) < 4.78 is 23.7. The van der Waals surface area contributed by atoms with E-state index in [9.17, 15) is 4.39 Å². The molecule has 2 aromatic rings. The van der Waals surface area contributed by atoms with Gasteiger partial charge >= 0.3 is 0 Å². The zero-order valence-electron chi connectivity index (χ0n) is 11.1. The minimum absolute atomic E-state index is 0.151. The van der Waals surface area contributed by atoms with Crippen molar-refractivity contribution >= 4 is 0 Å². The van der Waals surface area contributed by atoms with Crippen LogP contribution in [0.15, 0.2) is 22.6 Å². The number of nitrogens with one attached hydrogen (secondary N) is 1. The van der Waals surface area contributed by atoms with Crippen molar-refractivity contribution in [3.05, 3.63) is 29.9 Å². The van der Waals surface area contributed by atoms with Crippen molar-refractivity contribution in [3.63, 3.8) is 0 Å². The maximum Gasteiger partial charge on any atom is 0.247 e. The van der Waals surface area contributed by atoms with Gasteiger partial charge in [0.1, 0.15) is 0 Å². The van der Waals surface area contributed by atoms with Gasteiger partial charge in [0.2, 0.25) is 11.8 Å². The average molecular weight is 265 g/mol. The number of halogens is 1. The summed E-state index contributed by atoms with van der Waals surface area (Å²) in [6, 6.07) is 4.75. The van der Waals surface area contributed by atoms with Crippen LogP contribution < -0.4 is 10.1 Å². The third-order valence-corrected chi connectivity index (χ3v) is 2.53. The first-order valence-electron chi connectivity index (χ1n) is 6.00. The summed E-state index contributed by atoms with van der Waals surface area (Å²) in [6.07, 6.45) is 0. The van der Waals surface area contributed by atoms with Crippen molar-refractivity contribution in [3.8, 4) is 17.2 Å². The number of hydrogen-bond donors (Lipinski definition) is 1. The largest absolute Gasteiger partial charge is 0.494 e. The summed E-state index contributed by atoms with van der Waals surface area (Å²) >= 11 is 0. The minimum atomic E-state index is -0.424. The van der Waals surface area contributed by atoms with Gasteiger partial charge in [-0.25, -0.2) is 4.39 Å². The molecule has 102 valence electrons. The predicted molar refractivity (Wildman–Crippen MR) is 68.2 cm³/mol. The summed E-state index contributed by atoms with van der Waals surface area (Å²) in [5.41, 5.74) is 0.626. The molecule has 0 aliphatic rings. The van der Waals surface area contributed by atoms with E-state index in [0.29, 0.717) is 29.9 Å². The van der Waals surface area contributed by atoms with E-state index in [1.54, 1.807) is 6.07 Å². The SMILES string of the molecule is COc1cc(-c2nnc(CNC(C)C)o2)ccc1F. The van der Waals surface area contributed by atoms with E-state index in [2.05, 4.69) is 15.5 Å². The van der Waals surface area contributed by atoms with E-state index < -0.39 is 5.82 Å². The Morgan fingerprint density at radius 1 is 1.37 bits per heavy atom. The van der Waals surface area contributed by atoms with Crippen LogP contribution in [0.5, 0.6) is 5.75 Å². The lowest BCUT2D eigenvalue weighted by atomic mass is 10.2. The van der Waals surface area contributed by atoms with Gasteiger partial charge in [-0.3, -0.25) is 0 Å². The van der Waals surface area contributed by atoms with E-state index in [1.165, 1.54) is 19.2 Å². The van der Waals surface area contributed by atoms with Gasteiger partial charge in [0.05, 0.1) is 13.7 Å². The maximum atomic E-state index is 13.3. The lowest BCUT2D eigenvalue weighted by Gasteiger charge is -2.04. The first-order valence-corrected chi connectivity index (χ1v) is 6.00. The Labute approximate surface area is 110 Å². The zero-order chi connectivity index (χ0) is 13.8. The van der Waals surface area contributed by atoms with Crippen LogP contribution in [0.4, 0.5) is 4.39 Å². The van der Waals surface area contributed by atoms with E-state index >= 15 is 0 Å². The Balaban J connectivity index is 2.18. The van der Waals surface area contributed by atoms with Gasteiger partial charge in [0.25, 0.3) is 0 Å². The number of aromatic nitrogens is 2. The molecule has 1 heterocycles. The molecule has 0 bridgehead atoms. The molecular formula is C13H16FN3O2. The second kappa shape index (κ2) is 5.79. The number of rotatable bonds is 5. The predicted octanol–water partition coefficient (Wildman–Crippen LogP) is 2.38. The number of hydrogen-bond acceptors (Lipinski definition) is 5. The number of nitrogens with zero attached hydrogens (tertiary/aromatic N) is 2. The third kappa shape index (κ3) is 3.29. The topological polar surface area (TPSA) is 60.2 Å². The number of ether oxygens (including phenoxy) is 1. The summed E-state index contributed by atoms with van der Waals surface area (Å²) in [4.78, 5) is 0. The second-order valence-electron chi connectivity index (χ2n) is 4.39. The summed E-state index contributed by atoms with van der Waals surface area (Å²) in [7, 11) is 1.41. The van der Waals surface area contributed by atoms with Gasteiger partial charge in [0.15, 0.2) is 11.6 Å². The Bertz CT molecular complexity index is 555. The molecule has 0 fully saturated rings. The van der Waals surface area contributed by atoms with Crippen LogP contribution in [0, 0.1) is 5.82 Å². The van der Waals surface area contributed by atoms with Crippen molar-refractivity contribution in [2.24, 2.45) is 0 Å². The zero-order valence-corrected chi connectivity index (χ0v) is 11.1. The number of methoxy groups -OCH3 is 1. The molecule has 0 unspecified atom stereocenters. The van der Waals surface area contributed by atoms with Crippen LogP contribution >= 0.6 is 0 Å². The fourth-order valence-electron chi connectivity index (χ4n) is 1.53. The van der Waals surface area contributed by atoms with Crippen molar-refractivity contribution in [2.75, 3.05) is 7.11 Å². The van der Waals surface area contributed by atoms with Crippen LogP contribution in [-0.2, 0) is 6.54 Å². The molecule has 0 spiro atoms. The normalized spacial score (nSPS) is 11.0. The highest BCUT2D eigenvalue weighted by Gasteiger charge is 2.11. The smallest absolute Gasteiger partial charge is 0.247 e. The molecular weight excluding hydrogens is 249 g/mol. The highest BCUT2D eigenvalue weighted by Crippen LogP contribution is 2.25. The van der Waals surface area contributed by atoms with Gasteiger partial charge in [-0.2, -0.15) is 0 Å². The summed E-state index contributed by atoms with van der Waals surface area (Å²) in [5.74, 6) is 0.566. The van der Waals surface area contributed by atoms with Crippen LogP contribution in [0.1, 0.15) is 19.7 Å². The molecule has 19 heavy (non-hydrogen) atoms. The first kappa shape index (κ1) is 13.5. The molecule has 1 aromatic heterocycles. The molecule has 1 N–H and O–H groups in total. The van der Waals surface area contributed by atoms with E-state index in [1.807, 2.05) is 13.8 Å². The van der Waals surface area contributed by atoms with Crippen LogP contribution in [0.3, 0.4) is 0 Å². The molecule has 1 aromatic carbocycles. The van der Waals surface area contributed by atoms with Crippen LogP contribution in [0.2, 0.25) is 0 Å². The molecule has 2 rings (SSSR count). The molecule has 6 heteroatoms. The highest BCUT2D eigenvalue weighted by atomic mass is 19.1. The second-order valence-corrected chi connectivity index (χ2v) is 4.39. The molecule has 0 aliphatic heterocycles. The average Bonchev–Trinajstić information content (AvgIpc) is 2.86. The highest BCUT2D eigenvalue weighted by molar-refractivity contribution is 5.55. The number of benzene rings is 1. The monoisotopic (exact) mass is 265 g/mol. The van der Waals surface area contributed by atoms with Crippen molar-refractivity contribution in [1.29, 1.82) is 0 Å². The molecule has 0 amide bonds. The van der Waals surface area contributed by atoms with Gasteiger partial charge in [-0.15, -0.1) is 10.2 Å². The van der Waals surface area contributed by atoms with Gasteiger partial charge < -0.3 is 14.5 Å². The third-order valence-electron chi connectivity index (χ3n) is 2.53. The van der Waals surface area contributed by atoms with Crippen molar-refractivity contribution < 1.29 is 13.5 Å². The molecule has 5 nitrogen and oxygen atoms in total. The van der Waals surface area contributed by atoms with E-state index in [4.69, 9.17) is 9.15 Å². The summed E-state index contributed by atoms with van der Waals surface area (Å²) in [6.45, 7) is 4.56. The summed E-state index contributed by atoms with van der Waals surface area (Å²) in [5, 5.41) is 11.0. The van der Waals surface area contributed by atoms with E-state index in [-0.39, 0.29) is 5.75 Å². The molecule has 0 saturated heterocycles. The Hall–Kier alpha value is -1.95. The molecule has 0 aliphatic carbocycles. The van der Waals surface area contributed by atoms with Crippen molar-refractivity contribution in [1.82, 2.24) is 15.5 Å². The molecule has 0 radical (unpaired) electrons. The minimum Gasteiger partial charge on any atom is -0.494 e. The van der Waals surface area contributed by atoms with Gasteiger partial charge in [-0.1, -0.05) is 13.8 Å². The van der Waals surface area contributed by atoms with Gasteiger partial charge in [-0.05, 0) is 18.2 Å². The molecule has 0 saturated carbocycles. The standard InChI is InChI=1S/C13H16FN3O2/c1-8(2)15-7-12-16-17-13(19-12)9-4-5-10(14)11(6-9)18-3/h4-6,8,15H,7H2,1-3H3. The first-order chi connectivity index (χ1) is 9.10. The van der Waals surface area contributed by atoms with Crippen LogP contribution in [-0.4, -0.2) is 23.3 Å². The van der Waals surface area contributed by atoms with E-state index in [0.717, 1.165) is 0 Å². The molecule has 0 atom stereocenters. The Morgan fingerprint density at radius 2 is 2.16 bits per heavy atom. The fourth-order valence-corrected chi connectivity index (χ4v) is 1.53. The Kier molecular flexibility index (Phi) is 4.11.